The maximum atomic E-state index is 12.5. The molecular formula is C18H25IN4O2. The zero-order chi connectivity index (χ0) is 16.5. The topological polar surface area (TPSA) is 66.0 Å². The number of guanidine groups is 1. The second-order valence-corrected chi connectivity index (χ2v) is 6.71. The summed E-state index contributed by atoms with van der Waals surface area (Å²) < 4.78 is 5.86. The Kier molecular flexibility index (Phi) is 5.83. The first kappa shape index (κ1) is 18.4. The van der Waals surface area contributed by atoms with Crippen LogP contribution in [0.2, 0.25) is 0 Å². The number of anilines is 1. The van der Waals surface area contributed by atoms with Crippen LogP contribution in [0.3, 0.4) is 0 Å². The molecule has 2 N–H and O–H groups in total. The Morgan fingerprint density at radius 3 is 2.92 bits per heavy atom. The third-order valence-corrected chi connectivity index (χ3v) is 5.25. The van der Waals surface area contributed by atoms with Crippen LogP contribution in [0.25, 0.3) is 0 Å². The number of nitrogens with zero attached hydrogens (tertiary/aromatic N) is 2. The summed E-state index contributed by atoms with van der Waals surface area (Å²) in [5.74, 6) is 0.754. The maximum absolute atomic E-state index is 12.5. The van der Waals surface area contributed by atoms with E-state index in [9.17, 15) is 4.79 Å². The van der Waals surface area contributed by atoms with E-state index in [2.05, 4.69) is 21.7 Å². The van der Waals surface area contributed by atoms with Crippen molar-refractivity contribution in [3.05, 3.63) is 29.8 Å². The molecule has 6 nitrogen and oxygen atoms in total. The van der Waals surface area contributed by atoms with Crippen molar-refractivity contribution in [2.45, 2.75) is 43.9 Å². The van der Waals surface area contributed by atoms with Crippen LogP contribution in [0.5, 0.6) is 0 Å². The van der Waals surface area contributed by atoms with Gasteiger partial charge in [0, 0.05) is 19.3 Å². The zero-order valence-corrected chi connectivity index (χ0v) is 16.7. The van der Waals surface area contributed by atoms with Crippen molar-refractivity contribution in [1.29, 1.82) is 0 Å². The van der Waals surface area contributed by atoms with Gasteiger partial charge in [0.25, 0.3) is 0 Å². The molecule has 2 fully saturated rings. The lowest BCUT2D eigenvalue weighted by molar-refractivity contribution is -0.117. The van der Waals surface area contributed by atoms with Crippen LogP contribution < -0.4 is 15.5 Å². The molecule has 0 aromatic heterocycles. The number of aliphatic imine (C=N–C) groups is 1. The van der Waals surface area contributed by atoms with Gasteiger partial charge in [0.2, 0.25) is 5.91 Å². The Balaban J connectivity index is 0.00000182. The molecular weight excluding hydrogens is 431 g/mol. The number of hydrogen-bond acceptors (Lipinski definition) is 3. The van der Waals surface area contributed by atoms with Crippen LogP contribution in [0, 0.1) is 0 Å². The van der Waals surface area contributed by atoms with E-state index in [-0.39, 0.29) is 42.5 Å². The number of rotatable bonds is 3. The molecule has 3 aliphatic rings. The number of benzene rings is 1. The summed E-state index contributed by atoms with van der Waals surface area (Å²) in [6, 6.07) is 8.41. The van der Waals surface area contributed by atoms with Crippen LogP contribution in [0.1, 0.15) is 24.8 Å². The average molecular weight is 456 g/mol. The van der Waals surface area contributed by atoms with Crippen LogP contribution in [0.4, 0.5) is 5.69 Å². The Labute approximate surface area is 165 Å². The monoisotopic (exact) mass is 456 g/mol. The predicted molar refractivity (Wildman–Crippen MR) is 109 cm³/mol. The standard InChI is InChI=1S/C18H24N4O2.HI/c1-19-18(21-14-10-13-6-7-16(14)24-13)20-11-17(23)22-9-8-12-4-2-3-5-15(12)22;/h2-5,13-14,16H,6-11H2,1H3,(H2,19,20,21);1H. The SMILES string of the molecule is CN=C(NCC(=O)N1CCc2ccccc21)NC1CC2CCC1O2.I. The number of carbonyl (C=O) groups excluding carboxylic acids is 1. The molecule has 3 unspecified atom stereocenters. The molecule has 2 saturated heterocycles. The highest BCUT2D eigenvalue weighted by atomic mass is 127. The van der Waals surface area contributed by atoms with Crippen molar-refractivity contribution in [3.63, 3.8) is 0 Å². The molecule has 1 amide bonds. The molecule has 4 rings (SSSR count). The summed E-state index contributed by atoms with van der Waals surface area (Å²) in [4.78, 5) is 18.7. The van der Waals surface area contributed by atoms with Gasteiger partial charge in [0.1, 0.15) is 0 Å². The molecule has 3 atom stereocenters. The lowest BCUT2D eigenvalue weighted by Gasteiger charge is -2.23. The highest BCUT2D eigenvalue weighted by Gasteiger charge is 2.41. The first-order valence-electron chi connectivity index (χ1n) is 8.75. The second-order valence-electron chi connectivity index (χ2n) is 6.71. The van der Waals surface area contributed by atoms with Crippen LogP contribution in [-0.4, -0.2) is 50.3 Å². The fraction of sp³-hybridized carbons (Fsp3) is 0.556. The van der Waals surface area contributed by atoms with Crippen molar-refractivity contribution >= 4 is 41.5 Å². The second kappa shape index (κ2) is 7.90. The summed E-state index contributed by atoms with van der Waals surface area (Å²) in [5, 5.41) is 6.56. The van der Waals surface area contributed by atoms with Gasteiger partial charge in [-0.05, 0) is 37.3 Å². The minimum atomic E-state index is 0. The fourth-order valence-corrected chi connectivity index (χ4v) is 4.01. The largest absolute Gasteiger partial charge is 0.373 e. The van der Waals surface area contributed by atoms with E-state index in [4.69, 9.17) is 4.74 Å². The number of hydrogen-bond donors (Lipinski definition) is 2. The molecule has 7 heteroatoms. The Morgan fingerprint density at radius 2 is 2.20 bits per heavy atom. The number of halogens is 1. The number of amides is 1. The van der Waals surface area contributed by atoms with Gasteiger partial charge in [0.05, 0.1) is 24.8 Å². The van der Waals surface area contributed by atoms with Gasteiger partial charge in [-0.1, -0.05) is 18.2 Å². The molecule has 136 valence electrons. The molecule has 3 heterocycles. The molecule has 2 bridgehead atoms. The highest BCUT2D eigenvalue weighted by Crippen LogP contribution is 2.34. The van der Waals surface area contributed by atoms with E-state index in [0.29, 0.717) is 18.1 Å². The van der Waals surface area contributed by atoms with Crippen molar-refractivity contribution in [2.24, 2.45) is 4.99 Å². The molecule has 1 aromatic carbocycles. The van der Waals surface area contributed by atoms with Gasteiger partial charge < -0.3 is 20.3 Å². The third kappa shape index (κ3) is 3.76. The lowest BCUT2D eigenvalue weighted by Crippen LogP contribution is -2.50. The molecule has 0 radical (unpaired) electrons. The fourth-order valence-electron chi connectivity index (χ4n) is 4.01. The quantitative estimate of drug-likeness (QED) is 0.413. The van der Waals surface area contributed by atoms with Crippen LogP contribution in [0.15, 0.2) is 29.3 Å². The lowest BCUT2D eigenvalue weighted by atomic mass is 9.96. The molecule has 0 saturated carbocycles. The minimum absolute atomic E-state index is 0. The van der Waals surface area contributed by atoms with Crippen molar-refractivity contribution in [1.82, 2.24) is 10.6 Å². The van der Waals surface area contributed by atoms with Crippen molar-refractivity contribution < 1.29 is 9.53 Å². The third-order valence-electron chi connectivity index (χ3n) is 5.25. The van der Waals surface area contributed by atoms with Gasteiger partial charge in [-0.3, -0.25) is 9.79 Å². The van der Waals surface area contributed by atoms with E-state index in [1.54, 1.807) is 7.05 Å². The number of nitrogens with one attached hydrogen (secondary N) is 2. The molecule has 1 aromatic rings. The number of para-hydroxylation sites is 1. The van der Waals surface area contributed by atoms with Crippen molar-refractivity contribution in [3.8, 4) is 0 Å². The average Bonchev–Trinajstić information content (AvgIpc) is 3.32. The zero-order valence-electron chi connectivity index (χ0n) is 14.4. The molecule has 25 heavy (non-hydrogen) atoms. The normalized spacial score (nSPS) is 27.0. The molecule has 0 aliphatic carbocycles. The van der Waals surface area contributed by atoms with E-state index >= 15 is 0 Å². The number of carbonyl (C=O) groups is 1. The van der Waals surface area contributed by atoms with Crippen LogP contribution >= 0.6 is 24.0 Å². The van der Waals surface area contributed by atoms with Gasteiger partial charge in [-0.15, -0.1) is 24.0 Å². The Morgan fingerprint density at radius 1 is 1.36 bits per heavy atom. The smallest absolute Gasteiger partial charge is 0.246 e. The summed E-state index contributed by atoms with van der Waals surface area (Å²) in [5.41, 5.74) is 2.28. The Bertz CT molecular complexity index is 666. The van der Waals surface area contributed by atoms with E-state index in [0.717, 1.165) is 31.5 Å². The summed E-state index contributed by atoms with van der Waals surface area (Å²) in [7, 11) is 1.74. The van der Waals surface area contributed by atoms with Gasteiger partial charge >= 0.3 is 0 Å². The summed E-state index contributed by atoms with van der Waals surface area (Å²) in [6.07, 6.45) is 4.92. The number of fused-ring (bicyclic) bond motifs is 3. The first-order valence-corrected chi connectivity index (χ1v) is 8.75. The maximum Gasteiger partial charge on any atom is 0.246 e. The Hall–Kier alpha value is -1.35. The van der Waals surface area contributed by atoms with E-state index in [1.165, 1.54) is 12.0 Å². The molecule has 3 aliphatic heterocycles. The van der Waals surface area contributed by atoms with Crippen LogP contribution in [-0.2, 0) is 16.0 Å². The van der Waals surface area contributed by atoms with Gasteiger partial charge in [0.15, 0.2) is 5.96 Å². The highest BCUT2D eigenvalue weighted by molar-refractivity contribution is 14.0. The molecule has 0 spiro atoms. The van der Waals surface area contributed by atoms with E-state index in [1.807, 2.05) is 23.1 Å². The van der Waals surface area contributed by atoms with Gasteiger partial charge in [-0.2, -0.15) is 0 Å². The summed E-state index contributed by atoms with van der Waals surface area (Å²) in [6.45, 7) is 1.00. The van der Waals surface area contributed by atoms with E-state index < -0.39 is 0 Å². The first-order chi connectivity index (χ1) is 11.7. The van der Waals surface area contributed by atoms with Gasteiger partial charge in [-0.25, -0.2) is 0 Å². The van der Waals surface area contributed by atoms with Crippen molar-refractivity contribution in [2.75, 3.05) is 25.0 Å². The summed E-state index contributed by atoms with van der Waals surface area (Å²) >= 11 is 0. The number of ether oxygens (including phenoxy) is 1. The predicted octanol–water partition coefficient (Wildman–Crippen LogP) is 1.68. The minimum Gasteiger partial charge on any atom is -0.373 e.